The summed E-state index contributed by atoms with van der Waals surface area (Å²) in [5, 5.41) is 19.5. The van der Waals surface area contributed by atoms with E-state index in [1.165, 1.54) is 0 Å². The van der Waals surface area contributed by atoms with Crippen LogP contribution in [0.15, 0.2) is 0 Å². The molecule has 0 aromatic heterocycles. The van der Waals surface area contributed by atoms with Gasteiger partial charge >= 0.3 is 5.97 Å². The minimum atomic E-state index is -1.20. The Hall–Kier alpha value is -1.10. The molecule has 0 radical (unpaired) electrons. The van der Waals surface area contributed by atoms with Gasteiger partial charge in [-0.25, -0.2) is 4.79 Å². The van der Waals surface area contributed by atoms with E-state index in [-0.39, 0.29) is 5.91 Å². The van der Waals surface area contributed by atoms with Crippen molar-refractivity contribution in [3.05, 3.63) is 0 Å². The number of carbonyl (C=O) groups is 2. The highest BCUT2D eigenvalue weighted by atomic mass is 16.4. The van der Waals surface area contributed by atoms with Gasteiger partial charge in [-0.15, -0.1) is 0 Å². The molecule has 0 aromatic carbocycles. The maximum absolute atomic E-state index is 11.2. The van der Waals surface area contributed by atoms with Gasteiger partial charge in [-0.2, -0.15) is 0 Å². The zero-order chi connectivity index (χ0) is 10.6. The van der Waals surface area contributed by atoms with Gasteiger partial charge in [0.1, 0.15) is 6.04 Å². The number of aliphatic hydroxyl groups excluding tert-OH is 1. The van der Waals surface area contributed by atoms with E-state index in [1.54, 1.807) is 0 Å². The first-order valence-corrected chi connectivity index (χ1v) is 4.76. The van der Waals surface area contributed by atoms with E-state index >= 15 is 0 Å². The maximum atomic E-state index is 11.2. The number of aliphatic hydroxyl groups is 1. The zero-order valence-electron chi connectivity index (χ0n) is 7.90. The van der Waals surface area contributed by atoms with E-state index in [0.29, 0.717) is 12.3 Å². The van der Waals surface area contributed by atoms with E-state index in [4.69, 9.17) is 10.2 Å². The van der Waals surface area contributed by atoms with Crippen LogP contribution in [-0.4, -0.2) is 34.7 Å². The van der Waals surface area contributed by atoms with Crippen molar-refractivity contribution in [1.82, 2.24) is 5.32 Å². The molecule has 1 aliphatic carbocycles. The Balaban J connectivity index is 2.26. The highest BCUT2D eigenvalue weighted by Gasteiger charge is 2.24. The predicted molar refractivity (Wildman–Crippen MR) is 48.6 cm³/mol. The monoisotopic (exact) mass is 201 g/mol. The summed E-state index contributed by atoms with van der Waals surface area (Å²) in [6.45, 7) is -0.564. The Bertz CT molecular complexity index is 225. The molecular weight excluding hydrogens is 186 g/mol. The molecule has 5 heteroatoms. The van der Waals surface area contributed by atoms with Crippen LogP contribution in [0.2, 0.25) is 0 Å². The molecule has 14 heavy (non-hydrogen) atoms. The summed E-state index contributed by atoms with van der Waals surface area (Å²) in [7, 11) is 0. The van der Waals surface area contributed by atoms with Crippen molar-refractivity contribution in [2.75, 3.05) is 6.61 Å². The van der Waals surface area contributed by atoms with E-state index in [9.17, 15) is 9.59 Å². The average Bonchev–Trinajstić information content (AvgIpc) is 2.07. The number of rotatable bonds is 5. The third-order valence-electron chi connectivity index (χ3n) is 2.51. The molecular formula is C9H15NO4. The van der Waals surface area contributed by atoms with E-state index in [2.05, 4.69) is 5.32 Å². The molecule has 3 N–H and O–H groups in total. The molecule has 0 aliphatic heterocycles. The summed E-state index contributed by atoms with van der Waals surface area (Å²) in [5.74, 6) is -1.08. The summed E-state index contributed by atoms with van der Waals surface area (Å²) < 4.78 is 0. The number of carboxylic acids is 1. The first kappa shape index (κ1) is 11.0. The van der Waals surface area contributed by atoms with Crippen LogP contribution in [0.1, 0.15) is 25.7 Å². The average molecular weight is 201 g/mol. The Morgan fingerprint density at radius 2 is 2.07 bits per heavy atom. The molecule has 0 aromatic rings. The van der Waals surface area contributed by atoms with Gasteiger partial charge in [-0.05, 0) is 18.8 Å². The van der Waals surface area contributed by atoms with Crippen LogP contribution in [0.5, 0.6) is 0 Å². The molecule has 0 unspecified atom stereocenters. The normalized spacial score (nSPS) is 18.4. The summed E-state index contributed by atoms with van der Waals surface area (Å²) in [6, 6.07) is -1.16. The van der Waals surface area contributed by atoms with Crippen LogP contribution in [-0.2, 0) is 9.59 Å². The molecule has 1 rings (SSSR count). The maximum Gasteiger partial charge on any atom is 0.328 e. The molecule has 0 bridgehead atoms. The highest BCUT2D eigenvalue weighted by Crippen LogP contribution is 2.29. The first-order chi connectivity index (χ1) is 6.63. The van der Waals surface area contributed by atoms with Gasteiger partial charge in [-0.3, -0.25) is 4.79 Å². The molecule has 1 aliphatic rings. The Labute approximate surface area is 82.1 Å². The van der Waals surface area contributed by atoms with Crippen molar-refractivity contribution in [2.24, 2.45) is 5.92 Å². The lowest BCUT2D eigenvalue weighted by Crippen LogP contribution is -2.44. The zero-order valence-corrected chi connectivity index (χ0v) is 7.90. The van der Waals surface area contributed by atoms with Crippen LogP contribution in [0.25, 0.3) is 0 Å². The second-order valence-corrected chi connectivity index (χ2v) is 3.64. The number of nitrogens with one attached hydrogen (secondary N) is 1. The molecule has 5 nitrogen and oxygen atoms in total. The number of carboxylic acid groups (broad SMARTS) is 1. The molecule has 80 valence electrons. The fourth-order valence-electron chi connectivity index (χ4n) is 1.40. The minimum Gasteiger partial charge on any atom is -0.480 e. The smallest absolute Gasteiger partial charge is 0.328 e. The number of amides is 1. The fourth-order valence-corrected chi connectivity index (χ4v) is 1.40. The lowest BCUT2D eigenvalue weighted by atomic mass is 9.83. The summed E-state index contributed by atoms with van der Waals surface area (Å²) in [6.07, 6.45) is 3.62. The van der Waals surface area contributed by atoms with Gasteiger partial charge in [-0.1, -0.05) is 6.42 Å². The van der Waals surface area contributed by atoms with Crippen molar-refractivity contribution in [1.29, 1.82) is 0 Å². The second-order valence-electron chi connectivity index (χ2n) is 3.64. The highest BCUT2D eigenvalue weighted by molar-refractivity contribution is 5.83. The van der Waals surface area contributed by atoms with Crippen molar-refractivity contribution in [2.45, 2.75) is 31.7 Å². The van der Waals surface area contributed by atoms with Gasteiger partial charge in [0.15, 0.2) is 0 Å². The topological polar surface area (TPSA) is 86.6 Å². The quantitative estimate of drug-likeness (QED) is 0.572. The van der Waals surface area contributed by atoms with Gasteiger partial charge in [0.05, 0.1) is 6.61 Å². The Morgan fingerprint density at radius 3 is 2.43 bits per heavy atom. The van der Waals surface area contributed by atoms with Crippen LogP contribution in [0.3, 0.4) is 0 Å². The van der Waals surface area contributed by atoms with E-state index in [1.807, 2.05) is 0 Å². The lowest BCUT2D eigenvalue weighted by molar-refractivity contribution is -0.143. The Morgan fingerprint density at radius 1 is 1.43 bits per heavy atom. The molecule has 1 saturated carbocycles. The fraction of sp³-hybridized carbons (Fsp3) is 0.778. The van der Waals surface area contributed by atoms with Crippen LogP contribution in [0, 0.1) is 5.92 Å². The molecule has 0 spiro atoms. The largest absolute Gasteiger partial charge is 0.480 e. The van der Waals surface area contributed by atoms with Crippen LogP contribution >= 0.6 is 0 Å². The SMILES string of the molecule is O=C(CC1CCC1)N[C@@H](CO)C(=O)O. The third-order valence-corrected chi connectivity index (χ3v) is 2.51. The molecule has 0 heterocycles. The molecule has 1 fully saturated rings. The van der Waals surface area contributed by atoms with Crippen molar-refractivity contribution < 1.29 is 19.8 Å². The number of hydrogen-bond donors (Lipinski definition) is 3. The molecule has 0 saturated heterocycles. The Kier molecular flexibility index (Phi) is 3.88. The summed E-state index contributed by atoms with van der Waals surface area (Å²) in [4.78, 5) is 21.7. The van der Waals surface area contributed by atoms with E-state index in [0.717, 1.165) is 19.3 Å². The van der Waals surface area contributed by atoms with Gasteiger partial charge < -0.3 is 15.5 Å². The number of hydrogen-bond acceptors (Lipinski definition) is 3. The third kappa shape index (κ3) is 2.99. The second kappa shape index (κ2) is 4.95. The number of aliphatic carboxylic acids is 1. The standard InChI is InChI=1S/C9H15NO4/c11-5-7(9(13)14)10-8(12)4-6-2-1-3-6/h6-7,11H,1-5H2,(H,10,12)(H,13,14)/t7-/m0/s1. The predicted octanol–water partition coefficient (Wildman–Crippen LogP) is -0.262. The van der Waals surface area contributed by atoms with Crippen LogP contribution < -0.4 is 5.32 Å². The first-order valence-electron chi connectivity index (χ1n) is 4.76. The van der Waals surface area contributed by atoms with Crippen LogP contribution in [0.4, 0.5) is 0 Å². The summed E-state index contributed by atoms with van der Waals surface area (Å²) >= 11 is 0. The molecule has 1 atom stereocenters. The molecule has 1 amide bonds. The van der Waals surface area contributed by atoms with Crippen molar-refractivity contribution in [3.63, 3.8) is 0 Å². The van der Waals surface area contributed by atoms with E-state index < -0.39 is 18.6 Å². The van der Waals surface area contributed by atoms with Gasteiger partial charge in [0.25, 0.3) is 0 Å². The lowest BCUT2D eigenvalue weighted by Gasteiger charge is -2.25. The number of carbonyl (C=O) groups excluding carboxylic acids is 1. The van der Waals surface area contributed by atoms with Gasteiger partial charge in [0.2, 0.25) is 5.91 Å². The summed E-state index contributed by atoms with van der Waals surface area (Å²) in [5.41, 5.74) is 0. The minimum absolute atomic E-state index is 0.281. The van der Waals surface area contributed by atoms with Crippen molar-refractivity contribution >= 4 is 11.9 Å². The van der Waals surface area contributed by atoms with Crippen molar-refractivity contribution in [3.8, 4) is 0 Å². The van der Waals surface area contributed by atoms with Gasteiger partial charge in [0, 0.05) is 6.42 Å².